The van der Waals surface area contributed by atoms with Gasteiger partial charge in [-0.05, 0) is 12.1 Å². The highest BCUT2D eigenvalue weighted by Gasteiger charge is 2.10. The van der Waals surface area contributed by atoms with E-state index in [2.05, 4.69) is 15.6 Å². The number of rotatable bonds is 4. The number of nitrogens with one attached hydrogen (secondary N) is 2. The number of para-hydroxylation sites is 1. The molecule has 1 aromatic carbocycles. The second-order valence-electron chi connectivity index (χ2n) is 4.16. The van der Waals surface area contributed by atoms with E-state index in [9.17, 15) is 9.59 Å². The van der Waals surface area contributed by atoms with Crippen LogP contribution >= 0.6 is 0 Å². The number of hydrogen-bond acceptors (Lipinski definition) is 4. The van der Waals surface area contributed by atoms with Crippen LogP contribution in [-0.2, 0) is 0 Å². The van der Waals surface area contributed by atoms with Crippen LogP contribution in [-0.4, -0.2) is 30.0 Å². The van der Waals surface area contributed by atoms with Gasteiger partial charge < -0.3 is 22.1 Å². The first kappa shape index (κ1) is 13.6. The zero-order valence-corrected chi connectivity index (χ0v) is 10.7. The molecule has 6 N–H and O–H groups in total. The summed E-state index contributed by atoms with van der Waals surface area (Å²) in [6, 6.07) is 8.21. The lowest BCUT2D eigenvalue weighted by Crippen LogP contribution is -2.37. The Kier molecular flexibility index (Phi) is 3.99. The number of aromatic nitrogens is 1. The molecule has 0 bridgehead atoms. The molecule has 104 valence electrons. The van der Waals surface area contributed by atoms with Crippen molar-refractivity contribution in [1.29, 1.82) is 0 Å². The van der Waals surface area contributed by atoms with Gasteiger partial charge in [-0.25, -0.2) is 9.78 Å². The van der Waals surface area contributed by atoms with Gasteiger partial charge in [-0.1, -0.05) is 18.2 Å². The minimum atomic E-state index is -0.632. The monoisotopic (exact) mass is 273 g/mol. The summed E-state index contributed by atoms with van der Waals surface area (Å²) in [5.74, 6) is -0.353. The molecule has 0 saturated heterocycles. The molecule has 1 aromatic heterocycles. The van der Waals surface area contributed by atoms with Gasteiger partial charge in [-0.3, -0.25) is 4.79 Å². The number of carbonyl (C=O) groups excluding carboxylic acids is 2. The number of benzene rings is 1. The van der Waals surface area contributed by atoms with E-state index in [4.69, 9.17) is 11.5 Å². The summed E-state index contributed by atoms with van der Waals surface area (Å²) in [5, 5.41) is 5.80. The van der Waals surface area contributed by atoms with Crippen LogP contribution in [0.5, 0.6) is 0 Å². The lowest BCUT2D eigenvalue weighted by Gasteiger charge is -2.07. The maximum Gasteiger partial charge on any atom is 0.312 e. The van der Waals surface area contributed by atoms with E-state index in [1.54, 1.807) is 6.07 Å². The highest BCUT2D eigenvalue weighted by Crippen LogP contribution is 2.19. The molecule has 0 fully saturated rings. The van der Waals surface area contributed by atoms with Crippen LogP contribution in [0.2, 0.25) is 0 Å². The molecule has 1 heterocycles. The number of nitrogens with two attached hydrogens (primary N) is 2. The summed E-state index contributed by atoms with van der Waals surface area (Å²) in [5.41, 5.74) is 12.2. The van der Waals surface area contributed by atoms with E-state index in [0.29, 0.717) is 11.2 Å². The van der Waals surface area contributed by atoms with Crippen molar-refractivity contribution in [2.24, 2.45) is 5.73 Å². The van der Waals surface area contributed by atoms with Crippen molar-refractivity contribution in [3.05, 3.63) is 36.0 Å². The second kappa shape index (κ2) is 5.87. The molecule has 0 aliphatic heterocycles. The first-order chi connectivity index (χ1) is 9.58. The Balaban J connectivity index is 2.08. The van der Waals surface area contributed by atoms with Crippen molar-refractivity contribution in [2.45, 2.75) is 0 Å². The van der Waals surface area contributed by atoms with Crippen LogP contribution in [0.4, 0.5) is 10.5 Å². The minimum absolute atomic E-state index is 0.236. The largest absolute Gasteiger partial charge is 0.398 e. The van der Waals surface area contributed by atoms with Crippen molar-refractivity contribution < 1.29 is 9.59 Å². The molecule has 0 radical (unpaired) electrons. The average Bonchev–Trinajstić information content (AvgIpc) is 2.43. The van der Waals surface area contributed by atoms with Gasteiger partial charge in [-0.2, -0.15) is 0 Å². The number of carbonyl (C=O) groups is 2. The van der Waals surface area contributed by atoms with Crippen molar-refractivity contribution in [2.75, 3.05) is 18.8 Å². The molecular weight excluding hydrogens is 258 g/mol. The zero-order valence-electron chi connectivity index (χ0n) is 10.7. The van der Waals surface area contributed by atoms with Gasteiger partial charge in [-0.15, -0.1) is 0 Å². The fourth-order valence-electron chi connectivity index (χ4n) is 1.77. The fourth-order valence-corrected chi connectivity index (χ4v) is 1.77. The van der Waals surface area contributed by atoms with Crippen LogP contribution in [0.3, 0.4) is 0 Å². The van der Waals surface area contributed by atoms with Gasteiger partial charge in [0.2, 0.25) is 0 Å². The van der Waals surface area contributed by atoms with Gasteiger partial charge in [0.1, 0.15) is 5.69 Å². The van der Waals surface area contributed by atoms with Crippen molar-refractivity contribution in [3.63, 3.8) is 0 Å². The van der Waals surface area contributed by atoms with E-state index in [1.807, 2.05) is 18.2 Å². The summed E-state index contributed by atoms with van der Waals surface area (Å²) in [6.45, 7) is 0.514. The molecule has 20 heavy (non-hydrogen) atoms. The van der Waals surface area contributed by atoms with Crippen LogP contribution in [0, 0.1) is 0 Å². The maximum atomic E-state index is 11.9. The third-order valence-corrected chi connectivity index (χ3v) is 2.69. The fraction of sp³-hybridized carbons (Fsp3) is 0.154. The third kappa shape index (κ3) is 3.14. The molecule has 0 aliphatic carbocycles. The molecular formula is C13H15N5O2. The number of hydrogen-bond donors (Lipinski definition) is 4. The zero-order chi connectivity index (χ0) is 14.5. The Labute approximate surface area is 115 Å². The van der Waals surface area contributed by atoms with Gasteiger partial charge in [0.25, 0.3) is 5.91 Å². The summed E-state index contributed by atoms with van der Waals surface area (Å²) in [6.07, 6.45) is 0. The van der Waals surface area contributed by atoms with Gasteiger partial charge in [0.05, 0.1) is 5.52 Å². The van der Waals surface area contributed by atoms with Gasteiger partial charge >= 0.3 is 6.03 Å². The standard InChI is InChI=1S/C13H15N5O2/c14-9-7-11(12(19)16-5-6-17-13(15)20)18-10-4-2-1-3-8(9)10/h1-4,7H,5-6H2,(H2,14,18)(H,16,19)(H3,15,17,20). The van der Waals surface area contributed by atoms with E-state index >= 15 is 0 Å². The van der Waals surface area contributed by atoms with Crippen LogP contribution < -0.4 is 22.1 Å². The molecule has 3 amide bonds. The Morgan fingerprint density at radius 1 is 1.15 bits per heavy atom. The number of nitrogens with zero attached hydrogens (tertiary/aromatic N) is 1. The lowest BCUT2D eigenvalue weighted by molar-refractivity contribution is 0.0949. The predicted molar refractivity (Wildman–Crippen MR) is 76.1 cm³/mol. The van der Waals surface area contributed by atoms with E-state index in [1.165, 1.54) is 6.07 Å². The first-order valence-electron chi connectivity index (χ1n) is 6.04. The molecule has 2 rings (SSSR count). The molecule has 0 saturated carbocycles. The molecule has 7 nitrogen and oxygen atoms in total. The van der Waals surface area contributed by atoms with Crippen molar-refractivity contribution in [3.8, 4) is 0 Å². The summed E-state index contributed by atoms with van der Waals surface area (Å²) in [4.78, 5) is 26.6. The Morgan fingerprint density at radius 2 is 1.85 bits per heavy atom. The maximum absolute atomic E-state index is 11.9. The highest BCUT2D eigenvalue weighted by atomic mass is 16.2. The second-order valence-corrected chi connectivity index (χ2v) is 4.16. The number of pyridine rings is 1. The molecule has 0 unspecified atom stereocenters. The third-order valence-electron chi connectivity index (χ3n) is 2.69. The van der Waals surface area contributed by atoms with Crippen LogP contribution in [0.15, 0.2) is 30.3 Å². The SMILES string of the molecule is NC(=O)NCCNC(=O)c1cc(N)c2ccccc2n1. The predicted octanol–water partition coefficient (Wildman–Crippen LogP) is 0.215. The number of nitrogen functional groups attached to an aromatic ring is 1. The van der Waals surface area contributed by atoms with E-state index < -0.39 is 6.03 Å². The topological polar surface area (TPSA) is 123 Å². The first-order valence-corrected chi connectivity index (χ1v) is 6.04. The summed E-state index contributed by atoms with van der Waals surface area (Å²) in [7, 11) is 0. The quantitative estimate of drug-likeness (QED) is 0.595. The molecule has 0 atom stereocenters. The number of amides is 3. The number of urea groups is 1. The lowest BCUT2D eigenvalue weighted by atomic mass is 10.1. The van der Waals surface area contributed by atoms with Gasteiger partial charge in [0, 0.05) is 24.2 Å². The molecule has 2 aromatic rings. The van der Waals surface area contributed by atoms with Crippen LogP contribution in [0.1, 0.15) is 10.5 Å². The number of anilines is 1. The Bertz CT molecular complexity index is 656. The minimum Gasteiger partial charge on any atom is -0.398 e. The normalized spacial score (nSPS) is 10.2. The molecule has 0 spiro atoms. The van der Waals surface area contributed by atoms with E-state index in [-0.39, 0.29) is 24.7 Å². The Hall–Kier alpha value is -2.83. The number of fused-ring (bicyclic) bond motifs is 1. The van der Waals surface area contributed by atoms with Crippen LogP contribution in [0.25, 0.3) is 10.9 Å². The number of primary amides is 1. The molecule has 0 aliphatic rings. The highest BCUT2D eigenvalue weighted by molar-refractivity contribution is 5.99. The average molecular weight is 273 g/mol. The smallest absolute Gasteiger partial charge is 0.312 e. The van der Waals surface area contributed by atoms with Crippen molar-refractivity contribution in [1.82, 2.24) is 15.6 Å². The van der Waals surface area contributed by atoms with Crippen molar-refractivity contribution >= 4 is 28.5 Å². The molecule has 7 heteroatoms. The summed E-state index contributed by atoms with van der Waals surface area (Å²) < 4.78 is 0. The summed E-state index contributed by atoms with van der Waals surface area (Å²) >= 11 is 0. The van der Waals surface area contributed by atoms with Gasteiger partial charge in [0.15, 0.2) is 0 Å². The Morgan fingerprint density at radius 3 is 2.60 bits per heavy atom. The van der Waals surface area contributed by atoms with E-state index in [0.717, 1.165) is 5.39 Å².